The van der Waals surface area contributed by atoms with Gasteiger partial charge < -0.3 is 20.5 Å². The minimum atomic E-state index is -0.0727. The van der Waals surface area contributed by atoms with Crippen molar-refractivity contribution in [3.8, 4) is 5.88 Å². The van der Waals surface area contributed by atoms with E-state index in [4.69, 9.17) is 15.2 Å². The maximum Gasteiger partial charge on any atom is 0.239 e. The molecule has 20 heavy (non-hydrogen) atoms. The predicted molar refractivity (Wildman–Crippen MR) is 81.1 cm³/mol. The first-order chi connectivity index (χ1) is 9.48. The van der Waals surface area contributed by atoms with E-state index in [0.29, 0.717) is 30.7 Å². The van der Waals surface area contributed by atoms with Crippen LogP contribution in [0.15, 0.2) is 12.1 Å². The minimum absolute atomic E-state index is 0.0727. The van der Waals surface area contributed by atoms with Crippen molar-refractivity contribution in [1.29, 1.82) is 0 Å². The molecular formula is C15H25N3O2. The number of nitrogen functional groups attached to an aromatic ring is 1. The van der Waals surface area contributed by atoms with E-state index in [0.717, 1.165) is 25.3 Å². The molecule has 0 radical (unpaired) electrons. The Morgan fingerprint density at radius 2 is 2.30 bits per heavy atom. The molecule has 0 aromatic carbocycles. The number of anilines is 2. The van der Waals surface area contributed by atoms with Crippen LogP contribution in [0.2, 0.25) is 0 Å². The molecular weight excluding hydrogens is 254 g/mol. The second kappa shape index (κ2) is 6.31. The number of rotatable bonds is 5. The summed E-state index contributed by atoms with van der Waals surface area (Å²) >= 11 is 0. The number of pyridine rings is 1. The number of aromatic nitrogens is 1. The fourth-order valence-corrected chi connectivity index (χ4v) is 2.22. The van der Waals surface area contributed by atoms with E-state index >= 15 is 0 Å². The van der Waals surface area contributed by atoms with Crippen LogP contribution in [0, 0.1) is 5.92 Å². The molecule has 0 spiro atoms. The molecule has 0 amide bonds. The van der Waals surface area contributed by atoms with Crippen molar-refractivity contribution in [2.45, 2.75) is 39.2 Å². The van der Waals surface area contributed by atoms with Gasteiger partial charge in [-0.1, -0.05) is 13.8 Å². The number of ether oxygens (including phenoxy) is 2. The highest BCUT2D eigenvalue weighted by Gasteiger charge is 2.27. The highest BCUT2D eigenvalue weighted by Crippen LogP contribution is 2.26. The normalized spacial score (nSPS) is 22.8. The van der Waals surface area contributed by atoms with Gasteiger partial charge in [-0.3, -0.25) is 0 Å². The summed E-state index contributed by atoms with van der Waals surface area (Å²) in [6, 6.07) is 3.72. The average molecular weight is 279 g/mol. The predicted octanol–water partition coefficient (Wildman–Crippen LogP) is 2.68. The molecule has 1 aliphatic heterocycles. The molecule has 1 saturated heterocycles. The van der Waals surface area contributed by atoms with Crippen LogP contribution >= 0.6 is 0 Å². The zero-order valence-electron chi connectivity index (χ0n) is 12.6. The van der Waals surface area contributed by atoms with Crippen molar-refractivity contribution in [3.05, 3.63) is 12.1 Å². The zero-order chi connectivity index (χ0) is 14.6. The van der Waals surface area contributed by atoms with Crippen LogP contribution in [0.4, 0.5) is 11.5 Å². The Morgan fingerprint density at radius 3 is 2.95 bits per heavy atom. The molecule has 1 atom stereocenters. The van der Waals surface area contributed by atoms with Crippen LogP contribution in [-0.2, 0) is 4.74 Å². The first-order valence-electron chi connectivity index (χ1n) is 7.24. The summed E-state index contributed by atoms with van der Waals surface area (Å²) in [6.45, 7) is 8.49. The van der Waals surface area contributed by atoms with E-state index in [1.807, 2.05) is 12.1 Å². The topological polar surface area (TPSA) is 69.4 Å². The molecule has 3 N–H and O–H groups in total. The molecule has 0 aliphatic carbocycles. The van der Waals surface area contributed by atoms with E-state index in [1.54, 1.807) is 0 Å². The molecule has 0 saturated carbocycles. The van der Waals surface area contributed by atoms with Gasteiger partial charge in [-0.2, -0.15) is 4.98 Å². The number of hydrogen-bond donors (Lipinski definition) is 2. The highest BCUT2D eigenvalue weighted by atomic mass is 16.5. The van der Waals surface area contributed by atoms with Crippen molar-refractivity contribution in [1.82, 2.24) is 4.98 Å². The number of nitrogens with one attached hydrogen (secondary N) is 1. The standard InChI is InChI=1S/C15H25N3O2/c1-11(2)9-20-14-12(16)5-6-13(17-14)18-15(3)7-4-8-19-10-15/h5-6,11H,4,7-10,16H2,1-3H3,(H,17,18). The van der Waals surface area contributed by atoms with Crippen molar-refractivity contribution in [3.63, 3.8) is 0 Å². The van der Waals surface area contributed by atoms with Crippen molar-refractivity contribution in [2.75, 3.05) is 30.9 Å². The van der Waals surface area contributed by atoms with Gasteiger partial charge in [-0.05, 0) is 37.8 Å². The lowest BCUT2D eigenvalue weighted by molar-refractivity contribution is 0.0538. The molecule has 112 valence electrons. The number of hydrogen-bond acceptors (Lipinski definition) is 5. The van der Waals surface area contributed by atoms with E-state index in [2.05, 4.69) is 31.1 Å². The summed E-state index contributed by atoms with van der Waals surface area (Å²) in [5.74, 6) is 1.73. The Hall–Kier alpha value is -1.49. The van der Waals surface area contributed by atoms with E-state index in [9.17, 15) is 0 Å². The summed E-state index contributed by atoms with van der Waals surface area (Å²) < 4.78 is 11.2. The molecule has 0 bridgehead atoms. The number of nitrogens with two attached hydrogens (primary N) is 1. The van der Waals surface area contributed by atoms with Crippen molar-refractivity contribution >= 4 is 11.5 Å². The summed E-state index contributed by atoms with van der Waals surface area (Å²) in [5, 5.41) is 3.44. The third-order valence-corrected chi connectivity index (χ3v) is 3.31. The van der Waals surface area contributed by atoms with Gasteiger partial charge in [0, 0.05) is 6.61 Å². The van der Waals surface area contributed by atoms with Gasteiger partial charge in [-0.15, -0.1) is 0 Å². The van der Waals surface area contributed by atoms with Gasteiger partial charge in [0.1, 0.15) is 5.82 Å². The molecule has 1 fully saturated rings. The smallest absolute Gasteiger partial charge is 0.239 e. The third-order valence-electron chi connectivity index (χ3n) is 3.31. The lowest BCUT2D eigenvalue weighted by Crippen LogP contribution is -2.43. The van der Waals surface area contributed by atoms with E-state index in [-0.39, 0.29) is 5.54 Å². The number of nitrogens with zero attached hydrogens (tertiary/aromatic N) is 1. The second-order valence-corrected chi connectivity index (χ2v) is 6.14. The van der Waals surface area contributed by atoms with Gasteiger partial charge in [0.2, 0.25) is 5.88 Å². The second-order valence-electron chi connectivity index (χ2n) is 6.14. The average Bonchev–Trinajstić information content (AvgIpc) is 2.40. The summed E-state index contributed by atoms with van der Waals surface area (Å²) in [7, 11) is 0. The zero-order valence-corrected chi connectivity index (χ0v) is 12.6. The monoisotopic (exact) mass is 279 g/mol. The van der Waals surface area contributed by atoms with Crippen LogP contribution < -0.4 is 15.8 Å². The molecule has 5 nitrogen and oxygen atoms in total. The molecule has 2 heterocycles. The maximum atomic E-state index is 5.90. The minimum Gasteiger partial charge on any atom is -0.476 e. The molecule has 5 heteroatoms. The lowest BCUT2D eigenvalue weighted by atomic mass is 9.95. The van der Waals surface area contributed by atoms with Crippen LogP contribution in [0.5, 0.6) is 5.88 Å². The van der Waals surface area contributed by atoms with Crippen LogP contribution in [0.1, 0.15) is 33.6 Å². The Bertz CT molecular complexity index is 443. The van der Waals surface area contributed by atoms with E-state index < -0.39 is 0 Å². The van der Waals surface area contributed by atoms with Gasteiger partial charge >= 0.3 is 0 Å². The molecule has 1 aromatic heterocycles. The van der Waals surface area contributed by atoms with Gasteiger partial charge in [0.05, 0.1) is 24.4 Å². The summed E-state index contributed by atoms with van der Waals surface area (Å²) in [5.41, 5.74) is 6.40. The fourth-order valence-electron chi connectivity index (χ4n) is 2.22. The van der Waals surface area contributed by atoms with Crippen molar-refractivity contribution < 1.29 is 9.47 Å². The third kappa shape index (κ3) is 4.00. The Morgan fingerprint density at radius 1 is 1.50 bits per heavy atom. The molecule has 1 aromatic rings. The fraction of sp³-hybridized carbons (Fsp3) is 0.667. The van der Waals surface area contributed by atoms with Crippen LogP contribution in [0.3, 0.4) is 0 Å². The van der Waals surface area contributed by atoms with Gasteiger partial charge in [0.15, 0.2) is 0 Å². The lowest BCUT2D eigenvalue weighted by Gasteiger charge is -2.34. The van der Waals surface area contributed by atoms with E-state index in [1.165, 1.54) is 0 Å². The SMILES string of the molecule is CC(C)COc1nc(NC2(C)CCCOC2)ccc1N. The summed E-state index contributed by atoms with van der Waals surface area (Å²) in [4.78, 5) is 4.47. The molecule has 1 aliphatic rings. The molecule has 1 unspecified atom stereocenters. The Balaban J connectivity index is 2.06. The molecule has 2 rings (SSSR count). The Kier molecular flexibility index (Phi) is 4.70. The first kappa shape index (κ1) is 14.9. The van der Waals surface area contributed by atoms with Gasteiger partial charge in [-0.25, -0.2) is 0 Å². The maximum absolute atomic E-state index is 5.90. The summed E-state index contributed by atoms with van der Waals surface area (Å²) in [6.07, 6.45) is 2.14. The van der Waals surface area contributed by atoms with Crippen molar-refractivity contribution in [2.24, 2.45) is 5.92 Å². The quantitative estimate of drug-likeness (QED) is 0.867. The highest BCUT2D eigenvalue weighted by molar-refractivity contribution is 5.54. The van der Waals surface area contributed by atoms with Gasteiger partial charge in [0.25, 0.3) is 0 Å². The van der Waals surface area contributed by atoms with Crippen LogP contribution in [-0.4, -0.2) is 30.3 Å². The Labute approximate surface area is 120 Å². The largest absolute Gasteiger partial charge is 0.476 e. The first-order valence-corrected chi connectivity index (χ1v) is 7.24. The van der Waals surface area contributed by atoms with Crippen LogP contribution in [0.25, 0.3) is 0 Å².